The summed E-state index contributed by atoms with van der Waals surface area (Å²) in [6.07, 6.45) is 2.61. The van der Waals surface area contributed by atoms with Crippen molar-refractivity contribution in [3.8, 4) is 0 Å². The average Bonchev–Trinajstić information content (AvgIpc) is 2.38. The number of aryl methyl sites for hydroxylation is 1. The minimum absolute atomic E-state index is 0.0756. The molecular weight excluding hydrogens is 248 g/mol. The van der Waals surface area contributed by atoms with Crippen LogP contribution in [0.4, 0.5) is 0 Å². The van der Waals surface area contributed by atoms with Crippen LogP contribution in [0.5, 0.6) is 0 Å². The van der Waals surface area contributed by atoms with E-state index in [1.807, 2.05) is 18.0 Å². The second-order valence-electron chi connectivity index (χ2n) is 6.33. The first kappa shape index (κ1) is 16.7. The van der Waals surface area contributed by atoms with Crippen LogP contribution >= 0.6 is 0 Å². The Morgan fingerprint density at radius 3 is 2.45 bits per heavy atom. The van der Waals surface area contributed by atoms with Crippen molar-refractivity contribution in [3.63, 3.8) is 0 Å². The molecule has 3 heteroatoms. The van der Waals surface area contributed by atoms with Gasteiger partial charge >= 0.3 is 0 Å². The second kappa shape index (κ2) is 8.05. The highest BCUT2D eigenvalue weighted by Crippen LogP contribution is 2.04. The maximum Gasteiger partial charge on any atom is 0.223 e. The van der Waals surface area contributed by atoms with Gasteiger partial charge in [-0.25, -0.2) is 0 Å². The third-order valence-electron chi connectivity index (χ3n) is 3.22. The molecule has 1 aromatic rings. The Bertz CT molecular complexity index is 395. The van der Waals surface area contributed by atoms with E-state index in [1.54, 1.807) is 0 Å². The summed E-state index contributed by atoms with van der Waals surface area (Å²) < 4.78 is 0. The molecule has 1 rings (SSSR count). The maximum atomic E-state index is 12.0. The zero-order valence-electron chi connectivity index (χ0n) is 13.3. The van der Waals surface area contributed by atoms with Gasteiger partial charge in [0.25, 0.3) is 0 Å². The smallest absolute Gasteiger partial charge is 0.223 e. The fourth-order valence-electron chi connectivity index (χ4n) is 2.03. The first-order valence-electron chi connectivity index (χ1n) is 7.41. The fourth-order valence-corrected chi connectivity index (χ4v) is 2.03. The number of benzene rings is 1. The van der Waals surface area contributed by atoms with Crippen molar-refractivity contribution >= 4 is 5.91 Å². The Hall–Kier alpha value is -1.35. The monoisotopic (exact) mass is 276 g/mol. The second-order valence-corrected chi connectivity index (χ2v) is 6.33. The lowest BCUT2D eigenvalue weighted by Gasteiger charge is -2.22. The van der Waals surface area contributed by atoms with Crippen molar-refractivity contribution in [2.45, 2.75) is 45.6 Å². The summed E-state index contributed by atoms with van der Waals surface area (Å²) in [4.78, 5) is 13.8. The van der Waals surface area contributed by atoms with E-state index < -0.39 is 0 Å². The molecule has 112 valence electrons. The van der Waals surface area contributed by atoms with Crippen LogP contribution in [0, 0.1) is 0 Å². The van der Waals surface area contributed by atoms with Crippen LogP contribution in [-0.2, 0) is 11.2 Å². The van der Waals surface area contributed by atoms with E-state index in [1.165, 1.54) is 5.56 Å². The molecule has 1 amide bonds. The Labute approximate surface area is 123 Å². The zero-order chi connectivity index (χ0) is 15.0. The number of hydrogen-bond acceptors (Lipinski definition) is 2. The van der Waals surface area contributed by atoms with Crippen LogP contribution in [0.15, 0.2) is 30.3 Å². The Morgan fingerprint density at radius 2 is 1.85 bits per heavy atom. The fraction of sp³-hybridized carbons (Fsp3) is 0.588. The molecular formula is C17H28N2O. The van der Waals surface area contributed by atoms with E-state index in [0.29, 0.717) is 6.42 Å². The number of nitrogens with one attached hydrogen (secondary N) is 1. The lowest BCUT2D eigenvalue weighted by molar-refractivity contribution is -0.129. The van der Waals surface area contributed by atoms with Gasteiger partial charge in [0.1, 0.15) is 0 Å². The lowest BCUT2D eigenvalue weighted by Crippen LogP contribution is -2.39. The van der Waals surface area contributed by atoms with E-state index in [0.717, 1.165) is 25.9 Å². The molecule has 0 spiro atoms. The van der Waals surface area contributed by atoms with Crippen LogP contribution < -0.4 is 5.32 Å². The molecule has 20 heavy (non-hydrogen) atoms. The summed E-state index contributed by atoms with van der Waals surface area (Å²) in [5.41, 5.74) is 1.41. The quantitative estimate of drug-likeness (QED) is 0.830. The molecule has 0 aliphatic heterocycles. The SMILES string of the molecule is CN(CCCc1ccccc1)C(=O)CCNC(C)(C)C. The van der Waals surface area contributed by atoms with E-state index in [9.17, 15) is 4.79 Å². The molecule has 1 aromatic carbocycles. The lowest BCUT2D eigenvalue weighted by atomic mass is 10.1. The van der Waals surface area contributed by atoms with Gasteiger partial charge in [-0.2, -0.15) is 0 Å². The number of carbonyl (C=O) groups is 1. The number of amides is 1. The van der Waals surface area contributed by atoms with Crippen molar-refractivity contribution in [1.29, 1.82) is 0 Å². The van der Waals surface area contributed by atoms with E-state index in [2.05, 4.69) is 50.4 Å². The molecule has 0 atom stereocenters. The standard InChI is InChI=1S/C17H28N2O/c1-17(2,3)18-13-12-16(20)19(4)14-8-11-15-9-6-5-7-10-15/h5-7,9-10,18H,8,11-14H2,1-4H3. The Morgan fingerprint density at radius 1 is 1.20 bits per heavy atom. The first-order chi connectivity index (χ1) is 9.38. The van der Waals surface area contributed by atoms with Gasteiger partial charge in [0.15, 0.2) is 0 Å². The third-order valence-corrected chi connectivity index (χ3v) is 3.22. The number of hydrogen-bond donors (Lipinski definition) is 1. The van der Waals surface area contributed by atoms with Crippen molar-refractivity contribution in [1.82, 2.24) is 10.2 Å². The Kier molecular flexibility index (Phi) is 6.73. The minimum atomic E-state index is 0.0756. The highest BCUT2D eigenvalue weighted by atomic mass is 16.2. The summed E-state index contributed by atoms with van der Waals surface area (Å²) in [7, 11) is 1.89. The molecule has 0 aliphatic carbocycles. The zero-order valence-corrected chi connectivity index (χ0v) is 13.3. The highest BCUT2D eigenvalue weighted by molar-refractivity contribution is 5.76. The van der Waals surface area contributed by atoms with Crippen LogP contribution in [0.3, 0.4) is 0 Å². The van der Waals surface area contributed by atoms with Crippen LogP contribution in [0.1, 0.15) is 39.2 Å². The van der Waals surface area contributed by atoms with Crippen molar-refractivity contribution in [2.24, 2.45) is 0 Å². The molecule has 0 heterocycles. The van der Waals surface area contributed by atoms with Gasteiger partial charge in [0.05, 0.1) is 0 Å². The average molecular weight is 276 g/mol. The van der Waals surface area contributed by atoms with E-state index in [4.69, 9.17) is 0 Å². The summed E-state index contributed by atoms with van der Waals surface area (Å²) in [5, 5.41) is 3.34. The summed E-state index contributed by atoms with van der Waals surface area (Å²) in [6, 6.07) is 10.4. The Balaban J connectivity index is 2.18. The highest BCUT2D eigenvalue weighted by Gasteiger charge is 2.12. The molecule has 0 unspecified atom stereocenters. The first-order valence-corrected chi connectivity index (χ1v) is 7.41. The molecule has 0 radical (unpaired) electrons. The molecule has 0 aromatic heterocycles. The van der Waals surface area contributed by atoms with Gasteiger partial charge < -0.3 is 10.2 Å². The van der Waals surface area contributed by atoms with Crippen molar-refractivity contribution in [2.75, 3.05) is 20.1 Å². The van der Waals surface area contributed by atoms with E-state index in [-0.39, 0.29) is 11.4 Å². The largest absolute Gasteiger partial charge is 0.346 e. The summed E-state index contributed by atoms with van der Waals surface area (Å²) in [5.74, 6) is 0.217. The van der Waals surface area contributed by atoms with Gasteiger partial charge in [-0.3, -0.25) is 4.79 Å². The molecule has 0 fully saturated rings. The van der Waals surface area contributed by atoms with Gasteiger partial charge in [0, 0.05) is 32.1 Å². The number of rotatable bonds is 7. The minimum Gasteiger partial charge on any atom is -0.346 e. The molecule has 3 nitrogen and oxygen atoms in total. The molecule has 1 N–H and O–H groups in total. The predicted molar refractivity (Wildman–Crippen MR) is 84.8 cm³/mol. The summed E-state index contributed by atoms with van der Waals surface area (Å²) in [6.45, 7) is 7.90. The van der Waals surface area contributed by atoms with Crippen LogP contribution in [-0.4, -0.2) is 36.5 Å². The topological polar surface area (TPSA) is 32.3 Å². The molecule has 0 aliphatic rings. The van der Waals surface area contributed by atoms with E-state index >= 15 is 0 Å². The normalized spacial score (nSPS) is 11.4. The van der Waals surface area contributed by atoms with Crippen LogP contribution in [0.2, 0.25) is 0 Å². The van der Waals surface area contributed by atoms with Crippen LogP contribution in [0.25, 0.3) is 0 Å². The van der Waals surface area contributed by atoms with Gasteiger partial charge in [-0.15, -0.1) is 0 Å². The van der Waals surface area contributed by atoms with Gasteiger partial charge in [-0.05, 0) is 39.2 Å². The number of nitrogens with zero attached hydrogens (tertiary/aromatic N) is 1. The van der Waals surface area contributed by atoms with Gasteiger partial charge in [0.2, 0.25) is 5.91 Å². The van der Waals surface area contributed by atoms with Gasteiger partial charge in [-0.1, -0.05) is 30.3 Å². The van der Waals surface area contributed by atoms with Crippen molar-refractivity contribution in [3.05, 3.63) is 35.9 Å². The third kappa shape index (κ3) is 7.29. The maximum absolute atomic E-state index is 12.0. The number of carbonyl (C=O) groups excluding carboxylic acids is 1. The predicted octanol–water partition coefficient (Wildman–Crippen LogP) is 2.86. The van der Waals surface area contributed by atoms with Crippen molar-refractivity contribution < 1.29 is 4.79 Å². The molecule has 0 bridgehead atoms. The summed E-state index contributed by atoms with van der Waals surface area (Å²) >= 11 is 0. The molecule has 0 saturated carbocycles. The molecule has 0 saturated heterocycles.